The van der Waals surface area contributed by atoms with Crippen LogP contribution in [0.25, 0.3) is 0 Å². The van der Waals surface area contributed by atoms with Gasteiger partial charge in [-0.05, 0) is 74.0 Å². The number of halogens is 1. The minimum absolute atomic E-state index is 0.0396. The molecule has 0 N–H and O–H groups in total. The van der Waals surface area contributed by atoms with E-state index in [0.29, 0.717) is 12.5 Å². The van der Waals surface area contributed by atoms with Crippen LogP contribution in [0.5, 0.6) is 0 Å². The average molecular weight is 318 g/mol. The van der Waals surface area contributed by atoms with Crippen LogP contribution >= 0.6 is 11.6 Å². The molecule has 4 bridgehead atoms. The molecule has 0 saturated heterocycles. The van der Waals surface area contributed by atoms with E-state index >= 15 is 0 Å². The molecule has 0 aromatic heterocycles. The molecule has 3 heteroatoms. The smallest absolute Gasteiger partial charge is 0.228 e. The Bertz CT molecular complexity index is 562. The maximum atomic E-state index is 13.2. The van der Waals surface area contributed by atoms with Crippen molar-refractivity contribution in [2.75, 3.05) is 7.05 Å². The van der Waals surface area contributed by atoms with Crippen LogP contribution in [0.1, 0.15) is 44.1 Å². The van der Waals surface area contributed by atoms with Crippen molar-refractivity contribution >= 4 is 17.5 Å². The van der Waals surface area contributed by atoms with Gasteiger partial charge in [-0.15, -0.1) is 0 Å². The number of carbonyl (C=O) groups is 1. The maximum Gasteiger partial charge on any atom is 0.228 e. The van der Waals surface area contributed by atoms with Crippen molar-refractivity contribution in [2.45, 2.75) is 45.1 Å². The molecule has 0 heterocycles. The molecule has 1 aromatic carbocycles. The van der Waals surface area contributed by atoms with Crippen LogP contribution in [-0.2, 0) is 11.3 Å². The Labute approximate surface area is 137 Å². The van der Waals surface area contributed by atoms with Crippen LogP contribution in [0.4, 0.5) is 0 Å². The van der Waals surface area contributed by atoms with E-state index in [-0.39, 0.29) is 5.41 Å². The zero-order chi connectivity index (χ0) is 15.3. The Morgan fingerprint density at radius 2 is 1.77 bits per heavy atom. The topological polar surface area (TPSA) is 20.3 Å². The Morgan fingerprint density at radius 1 is 1.18 bits per heavy atom. The van der Waals surface area contributed by atoms with Gasteiger partial charge in [0, 0.05) is 18.6 Å². The first-order chi connectivity index (χ1) is 10.5. The highest BCUT2D eigenvalue weighted by Crippen LogP contribution is 2.60. The van der Waals surface area contributed by atoms with Gasteiger partial charge in [0.15, 0.2) is 0 Å². The summed E-state index contributed by atoms with van der Waals surface area (Å²) in [6, 6.07) is 7.85. The third kappa shape index (κ3) is 2.46. The second-order valence-electron chi connectivity index (χ2n) is 7.99. The van der Waals surface area contributed by atoms with Gasteiger partial charge >= 0.3 is 0 Å². The van der Waals surface area contributed by atoms with Gasteiger partial charge in [0.2, 0.25) is 5.91 Å². The number of rotatable bonds is 3. The molecule has 4 aliphatic carbocycles. The molecule has 0 unspecified atom stereocenters. The lowest BCUT2D eigenvalue weighted by Gasteiger charge is -2.56. The van der Waals surface area contributed by atoms with Crippen molar-refractivity contribution in [3.8, 4) is 0 Å². The highest BCUT2D eigenvalue weighted by molar-refractivity contribution is 6.30. The first kappa shape index (κ1) is 14.6. The normalized spacial score (nSPS) is 35.6. The van der Waals surface area contributed by atoms with Gasteiger partial charge in [0.05, 0.1) is 5.41 Å². The van der Waals surface area contributed by atoms with Crippen LogP contribution in [0.15, 0.2) is 24.3 Å². The van der Waals surface area contributed by atoms with Crippen LogP contribution in [0, 0.1) is 23.2 Å². The molecule has 22 heavy (non-hydrogen) atoms. The second kappa shape index (κ2) is 5.26. The monoisotopic (exact) mass is 317 g/mol. The van der Waals surface area contributed by atoms with Gasteiger partial charge in [-0.1, -0.05) is 23.7 Å². The fourth-order valence-electron chi connectivity index (χ4n) is 5.76. The van der Waals surface area contributed by atoms with Crippen molar-refractivity contribution in [3.63, 3.8) is 0 Å². The van der Waals surface area contributed by atoms with Crippen LogP contribution in [0.3, 0.4) is 0 Å². The standard InChI is InChI=1S/C19H24ClNO/c1-21(12-13-3-2-4-17(20)8-13)18(22)19-9-14-5-15(10-19)7-16(6-14)11-19/h2-4,8,14-16H,5-7,9-12H2,1H3. The van der Waals surface area contributed by atoms with Crippen molar-refractivity contribution in [1.29, 1.82) is 0 Å². The van der Waals surface area contributed by atoms with Gasteiger partial charge < -0.3 is 4.90 Å². The van der Waals surface area contributed by atoms with E-state index in [9.17, 15) is 4.79 Å². The summed E-state index contributed by atoms with van der Waals surface area (Å²) < 4.78 is 0. The quantitative estimate of drug-likeness (QED) is 0.803. The Kier molecular flexibility index (Phi) is 3.48. The van der Waals surface area contributed by atoms with E-state index in [1.54, 1.807) is 0 Å². The number of amides is 1. The zero-order valence-electron chi connectivity index (χ0n) is 13.2. The average Bonchev–Trinajstić information content (AvgIpc) is 2.45. The van der Waals surface area contributed by atoms with E-state index in [1.165, 1.54) is 19.3 Å². The summed E-state index contributed by atoms with van der Waals surface area (Å²) >= 11 is 6.06. The molecule has 1 aromatic rings. The van der Waals surface area contributed by atoms with E-state index < -0.39 is 0 Å². The molecule has 4 saturated carbocycles. The molecule has 4 aliphatic rings. The second-order valence-corrected chi connectivity index (χ2v) is 8.43. The molecular weight excluding hydrogens is 294 g/mol. The third-order valence-electron chi connectivity index (χ3n) is 6.15. The van der Waals surface area contributed by atoms with Crippen LogP contribution < -0.4 is 0 Å². The molecule has 5 rings (SSSR count). The molecule has 0 aliphatic heterocycles. The first-order valence-electron chi connectivity index (χ1n) is 8.54. The number of hydrogen-bond donors (Lipinski definition) is 0. The lowest BCUT2D eigenvalue weighted by Crippen LogP contribution is -2.53. The van der Waals surface area contributed by atoms with Crippen molar-refractivity contribution in [1.82, 2.24) is 4.90 Å². The summed E-state index contributed by atoms with van der Waals surface area (Å²) in [6.45, 7) is 0.668. The summed E-state index contributed by atoms with van der Waals surface area (Å²) in [7, 11) is 1.96. The Hall–Kier alpha value is -1.02. The van der Waals surface area contributed by atoms with Gasteiger partial charge in [-0.3, -0.25) is 4.79 Å². The predicted molar refractivity (Wildman–Crippen MR) is 88.5 cm³/mol. The molecule has 1 amide bonds. The highest BCUT2D eigenvalue weighted by atomic mass is 35.5. The van der Waals surface area contributed by atoms with E-state index in [2.05, 4.69) is 6.07 Å². The van der Waals surface area contributed by atoms with E-state index in [1.807, 2.05) is 30.1 Å². The van der Waals surface area contributed by atoms with Gasteiger partial charge in [-0.25, -0.2) is 0 Å². The number of nitrogens with zero attached hydrogens (tertiary/aromatic N) is 1. The number of carbonyl (C=O) groups excluding carboxylic acids is 1. The number of benzene rings is 1. The minimum atomic E-state index is -0.0396. The van der Waals surface area contributed by atoms with Crippen LogP contribution in [-0.4, -0.2) is 17.9 Å². The molecular formula is C19H24ClNO. The zero-order valence-corrected chi connectivity index (χ0v) is 14.0. The number of hydrogen-bond acceptors (Lipinski definition) is 1. The lowest BCUT2D eigenvalue weighted by molar-refractivity contribution is -0.156. The van der Waals surface area contributed by atoms with Crippen molar-refractivity contribution in [2.24, 2.45) is 23.2 Å². The van der Waals surface area contributed by atoms with Crippen molar-refractivity contribution < 1.29 is 4.79 Å². The molecule has 118 valence electrons. The molecule has 0 radical (unpaired) electrons. The fraction of sp³-hybridized carbons (Fsp3) is 0.632. The minimum Gasteiger partial charge on any atom is -0.341 e. The summed E-state index contributed by atoms with van der Waals surface area (Å²) in [5.41, 5.74) is 1.08. The van der Waals surface area contributed by atoms with Gasteiger partial charge in [0.25, 0.3) is 0 Å². The summed E-state index contributed by atoms with van der Waals surface area (Å²) in [4.78, 5) is 15.1. The lowest BCUT2D eigenvalue weighted by atomic mass is 9.49. The summed E-state index contributed by atoms with van der Waals surface area (Å²) in [6.07, 6.45) is 7.55. The highest BCUT2D eigenvalue weighted by Gasteiger charge is 2.55. The maximum absolute atomic E-state index is 13.2. The Morgan fingerprint density at radius 3 is 2.32 bits per heavy atom. The van der Waals surface area contributed by atoms with Gasteiger partial charge in [-0.2, -0.15) is 0 Å². The SMILES string of the molecule is CN(Cc1cccc(Cl)c1)C(=O)C12CC3CC(CC(C3)C1)C2. The third-order valence-corrected chi connectivity index (χ3v) is 6.38. The summed E-state index contributed by atoms with van der Waals surface area (Å²) in [5, 5.41) is 0.744. The first-order valence-corrected chi connectivity index (χ1v) is 8.92. The Balaban J connectivity index is 1.51. The molecule has 0 spiro atoms. The molecule has 2 nitrogen and oxygen atoms in total. The van der Waals surface area contributed by atoms with Crippen molar-refractivity contribution in [3.05, 3.63) is 34.9 Å². The predicted octanol–water partition coefficient (Wildman–Crippen LogP) is 4.51. The van der Waals surface area contributed by atoms with Gasteiger partial charge in [0.1, 0.15) is 0 Å². The summed E-state index contributed by atoms with van der Waals surface area (Å²) in [5.74, 6) is 2.82. The van der Waals surface area contributed by atoms with E-state index in [4.69, 9.17) is 11.6 Å². The van der Waals surface area contributed by atoms with E-state index in [0.717, 1.165) is 47.6 Å². The largest absolute Gasteiger partial charge is 0.341 e. The van der Waals surface area contributed by atoms with Crippen LogP contribution in [0.2, 0.25) is 5.02 Å². The molecule has 4 fully saturated rings. The fourth-order valence-corrected chi connectivity index (χ4v) is 5.97. The molecule has 0 atom stereocenters.